The van der Waals surface area contributed by atoms with Gasteiger partial charge in [0, 0.05) is 36.7 Å². The first-order valence-electron chi connectivity index (χ1n) is 12.2. The summed E-state index contributed by atoms with van der Waals surface area (Å²) in [4.78, 5) is 29.9. The molecular formula is C27H27BrClN5O3. The topological polar surface area (TPSA) is 91.6 Å². The van der Waals surface area contributed by atoms with Crippen LogP contribution in [0.4, 0.5) is 0 Å². The number of carbonyl (C=O) groups excluding carboxylic acids is 2. The van der Waals surface area contributed by atoms with E-state index in [0.717, 1.165) is 23.0 Å². The number of carbonyl (C=O) groups is 2. The number of aromatic nitrogens is 3. The highest BCUT2D eigenvalue weighted by molar-refractivity contribution is 9.10. The number of likely N-dealkylation sites (tertiary alicyclic amines) is 2. The van der Waals surface area contributed by atoms with Gasteiger partial charge in [0.15, 0.2) is 5.69 Å². The van der Waals surface area contributed by atoms with Gasteiger partial charge in [0.1, 0.15) is 5.75 Å². The molecule has 1 aromatic heterocycles. The standard InChI is InChI=1S/C27H27BrClN5O3/c1-17-26(30-31-34(17)22-6-4-21(28)5-7-22)27(37)32-12-10-19-15-33(16-20(19)11-13-32)25(36)9-3-18-2-8-23(35)14-24(18)29/h2-9,14,19-20,35H,10-13,15-16H2,1H3/b9-3+/t19-,20+. The molecule has 2 atom stereocenters. The summed E-state index contributed by atoms with van der Waals surface area (Å²) in [6.45, 7) is 4.48. The van der Waals surface area contributed by atoms with E-state index in [9.17, 15) is 14.7 Å². The zero-order valence-corrected chi connectivity index (χ0v) is 22.7. The number of benzene rings is 2. The van der Waals surface area contributed by atoms with Gasteiger partial charge in [-0.3, -0.25) is 9.59 Å². The minimum atomic E-state index is -0.0949. The Morgan fingerprint density at radius 3 is 2.38 bits per heavy atom. The molecule has 8 nitrogen and oxygen atoms in total. The third-order valence-corrected chi connectivity index (χ3v) is 8.13. The van der Waals surface area contributed by atoms with Crippen LogP contribution in [0.25, 0.3) is 11.8 Å². The molecule has 2 fully saturated rings. The Morgan fingerprint density at radius 2 is 1.73 bits per heavy atom. The summed E-state index contributed by atoms with van der Waals surface area (Å²) in [5, 5.41) is 18.3. The number of phenols is 1. The molecular weight excluding hydrogens is 558 g/mol. The van der Waals surface area contributed by atoms with Crippen LogP contribution in [0.1, 0.15) is 34.6 Å². The lowest BCUT2D eigenvalue weighted by Crippen LogP contribution is -2.34. The highest BCUT2D eigenvalue weighted by Gasteiger charge is 2.37. The number of amides is 2. The van der Waals surface area contributed by atoms with Crippen molar-refractivity contribution < 1.29 is 14.7 Å². The molecule has 2 aromatic carbocycles. The van der Waals surface area contributed by atoms with Crippen LogP contribution in [0.15, 0.2) is 53.0 Å². The molecule has 2 aliphatic rings. The van der Waals surface area contributed by atoms with Gasteiger partial charge in [-0.15, -0.1) is 5.10 Å². The van der Waals surface area contributed by atoms with Gasteiger partial charge in [0.2, 0.25) is 5.91 Å². The lowest BCUT2D eigenvalue weighted by Gasteiger charge is -2.21. The van der Waals surface area contributed by atoms with Gasteiger partial charge < -0.3 is 14.9 Å². The normalized spacial score (nSPS) is 19.8. The lowest BCUT2D eigenvalue weighted by atomic mass is 9.92. The van der Waals surface area contributed by atoms with Crippen LogP contribution in [-0.2, 0) is 4.79 Å². The lowest BCUT2D eigenvalue weighted by molar-refractivity contribution is -0.125. The van der Waals surface area contributed by atoms with E-state index in [2.05, 4.69) is 26.2 Å². The first-order valence-corrected chi connectivity index (χ1v) is 13.4. The molecule has 192 valence electrons. The van der Waals surface area contributed by atoms with E-state index in [0.29, 0.717) is 60.0 Å². The molecule has 1 N–H and O–H groups in total. The van der Waals surface area contributed by atoms with Gasteiger partial charge >= 0.3 is 0 Å². The van der Waals surface area contributed by atoms with Crippen molar-refractivity contribution >= 4 is 45.4 Å². The molecule has 0 saturated carbocycles. The Bertz CT molecular complexity index is 1340. The maximum atomic E-state index is 13.3. The number of fused-ring (bicyclic) bond motifs is 1. The van der Waals surface area contributed by atoms with Crippen molar-refractivity contribution in [3.05, 3.63) is 75.0 Å². The van der Waals surface area contributed by atoms with Crippen molar-refractivity contribution in [2.75, 3.05) is 26.2 Å². The molecule has 37 heavy (non-hydrogen) atoms. The van der Waals surface area contributed by atoms with E-state index < -0.39 is 0 Å². The predicted molar refractivity (Wildman–Crippen MR) is 145 cm³/mol. The fourth-order valence-corrected chi connectivity index (χ4v) is 5.65. The van der Waals surface area contributed by atoms with Crippen LogP contribution in [0.5, 0.6) is 5.75 Å². The molecule has 10 heteroatoms. The van der Waals surface area contributed by atoms with Crippen LogP contribution < -0.4 is 0 Å². The number of nitrogens with zero attached hydrogens (tertiary/aromatic N) is 5. The van der Waals surface area contributed by atoms with Crippen LogP contribution in [-0.4, -0.2) is 67.9 Å². The summed E-state index contributed by atoms with van der Waals surface area (Å²) in [5.41, 5.74) is 2.63. The van der Waals surface area contributed by atoms with Crippen molar-refractivity contribution in [2.24, 2.45) is 11.8 Å². The fraction of sp³-hybridized carbons (Fsp3) is 0.333. The minimum Gasteiger partial charge on any atom is -0.508 e. The number of aromatic hydroxyl groups is 1. The van der Waals surface area contributed by atoms with Crippen LogP contribution >= 0.6 is 27.5 Å². The summed E-state index contributed by atoms with van der Waals surface area (Å²) < 4.78 is 2.66. The molecule has 0 spiro atoms. The van der Waals surface area contributed by atoms with E-state index in [1.54, 1.807) is 22.9 Å². The van der Waals surface area contributed by atoms with Gasteiger partial charge in [-0.2, -0.15) is 0 Å². The van der Waals surface area contributed by atoms with Gasteiger partial charge in [-0.05, 0) is 85.7 Å². The Morgan fingerprint density at radius 1 is 1.05 bits per heavy atom. The van der Waals surface area contributed by atoms with E-state index in [1.807, 2.05) is 41.0 Å². The molecule has 0 bridgehead atoms. The second-order valence-electron chi connectivity index (χ2n) is 9.58. The van der Waals surface area contributed by atoms with Gasteiger partial charge in [0.25, 0.3) is 5.91 Å². The number of hydrogen-bond donors (Lipinski definition) is 1. The SMILES string of the molecule is Cc1c(C(=O)N2CC[C@@H]3CN(C(=O)/C=C/c4ccc(O)cc4Cl)C[C@@H]3CC2)nnn1-c1ccc(Br)cc1. The number of hydrogen-bond acceptors (Lipinski definition) is 5. The molecule has 0 radical (unpaired) electrons. The molecule has 2 aliphatic heterocycles. The average Bonchev–Trinajstić information content (AvgIpc) is 3.41. The molecule has 3 heterocycles. The van der Waals surface area contributed by atoms with E-state index in [1.165, 1.54) is 12.1 Å². The number of rotatable bonds is 4. The van der Waals surface area contributed by atoms with E-state index in [-0.39, 0.29) is 17.6 Å². The zero-order valence-electron chi connectivity index (χ0n) is 20.3. The molecule has 5 rings (SSSR count). The molecule has 0 unspecified atom stereocenters. The quantitative estimate of drug-likeness (QED) is 0.448. The molecule has 2 amide bonds. The maximum Gasteiger partial charge on any atom is 0.276 e. The second kappa shape index (κ2) is 10.7. The molecule has 3 aromatic rings. The van der Waals surface area contributed by atoms with Gasteiger partial charge in [-0.1, -0.05) is 32.7 Å². The fourth-order valence-electron chi connectivity index (χ4n) is 5.15. The maximum absolute atomic E-state index is 13.3. The van der Waals surface area contributed by atoms with Crippen LogP contribution in [0.3, 0.4) is 0 Å². The average molecular weight is 585 g/mol. The third-order valence-electron chi connectivity index (χ3n) is 7.27. The second-order valence-corrected chi connectivity index (χ2v) is 10.9. The highest BCUT2D eigenvalue weighted by atomic mass is 79.9. The smallest absolute Gasteiger partial charge is 0.276 e. The predicted octanol–water partition coefficient (Wildman–Crippen LogP) is 4.72. The van der Waals surface area contributed by atoms with E-state index >= 15 is 0 Å². The monoisotopic (exact) mass is 583 g/mol. The van der Waals surface area contributed by atoms with Crippen molar-refractivity contribution in [2.45, 2.75) is 19.8 Å². The first kappa shape index (κ1) is 25.5. The molecule has 0 aliphatic carbocycles. The Kier molecular flexibility index (Phi) is 7.35. The number of phenolic OH excluding ortho intramolecular Hbond substituents is 1. The Balaban J connectivity index is 1.20. The van der Waals surface area contributed by atoms with Crippen LogP contribution in [0, 0.1) is 18.8 Å². The Labute approximate surface area is 228 Å². The third kappa shape index (κ3) is 5.43. The first-order chi connectivity index (χ1) is 17.8. The highest BCUT2D eigenvalue weighted by Crippen LogP contribution is 2.33. The van der Waals surface area contributed by atoms with Crippen molar-refractivity contribution in [3.63, 3.8) is 0 Å². The summed E-state index contributed by atoms with van der Waals surface area (Å²) >= 11 is 9.58. The van der Waals surface area contributed by atoms with Crippen molar-refractivity contribution in [3.8, 4) is 11.4 Å². The summed E-state index contributed by atoms with van der Waals surface area (Å²) in [6.07, 6.45) is 4.90. The van der Waals surface area contributed by atoms with Gasteiger partial charge in [-0.25, -0.2) is 4.68 Å². The zero-order chi connectivity index (χ0) is 26.1. The number of halogens is 2. The largest absolute Gasteiger partial charge is 0.508 e. The van der Waals surface area contributed by atoms with E-state index in [4.69, 9.17) is 11.6 Å². The van der Waals surface area contributed by atoms with Gasteiger partial charge in [0.05, 0.1) is 16.4 Å². The summed E-state index contributed by atoms with van der Waals surface area (Å²) in [7, 11) is 0. The van der Waals surface area contributed by atoms with Crippen molar-refractivity contribution in [1.29, 1.82) is 0 Å². The van der Waals surface area contributed by atoms with Crippen molar-refractivity contribution in [1.82, 2.24) is 24.8 Å². The van der Waals surface area contributed by atoms with Crippen LogP contribution in [0.2, 0.25) is 5.02 Å². The minimum absolute atomic E-state index is 0.0506. The Hall–Kier alpha value is -3.17. The summed E-state index contributed by atoms with van der Waals surface area (Å²) in [5.74, 6) is 0.650. The summed E-state index contributed by atoms with van der Waals surface area (Å²) in [6, 6.07) is 12.4. The molecule has 2 saturated heterocycles.